The van der Waals surface area contributed by atoms with Crippen LogP contribution in [0.1, 0.15) is 386 Å². The van der Waals surface area contributed by atoms with Crippen molar-refractivity contribution in [1.29, 1.82) is 0 Å². The molecule has 0 radical (unpaired) electrons. The normalized spacial score (nSPS) is 12.5. The zero-order valence-electron chi connectivity index (χ0n) is 50.4. The summed E-state index contributed by atoms with van der Waals surface area (Å²) in [6, 6.07) is -0.636. The van der Waals surface area contributed by atoms with Crippen molar-refractivity contribution in [3.05, 3.63) is 12.2 Å². The highest BCUT2D eigenvalue weighted by Crippen LogP contribution is 2.19. The molecule has 0 aliphatic rings. The van der Waals surface area contributed by atoms with Crippen molar-refractivity contribution < 1.29 is 24.5 Å². The van der Waals surface area contributed by atoms with Crippen LogP contribution >= 0.6 is 0 Å². The Hall–Kier alpha value is -1.40. The molecule has 0 rings (SSSR count). The van der Waals surface area contributed by atoms with Gasteiger partial charge in [-0.1, -0.05) is 353 Å². The molecule has 0 aromatic heterocycles. The van der Waals surface area contributed by atoms with E-state index >= 15 is 0 Å². The Kier molecular flexibility index (Phi) is 62.9. The van der Waals surface area contributed by atoms with Crippen LogP contribution in [0.5, 0.6) is 0 Å². The molecule has 0 aliphatic carbocycles. The predicted molar refractivity (Wildman–Crippen MR) is 324 cm³/mol. The molecule has 3 N–H and O–H groups in total. The number of carbonyl (C=O) groups excluding carboxylic acids is 2. The quantitative estimate of drug-likeness (QED) is 0.0320. The third kappa shape index (κ3) is 59.8. The largest absolute Gasteiger partial charge is 0.466 e. The minimum absolute atomic E-state index is 0.00243. The van der Waals surface area contributed by atoms with Crippen molar-refractivity contribution in [3.63, 3.8) is 0 Å². The summed E-state index contributed by atoms with van der Waals surface area (Å²) < 4.78 is 5.50. The number of carbonyl (C=O) groups is 2. The van der Waals surface area contributed by atoms with Gasteiger partial charge in [0.05, 0.1) is 25.4 Å². The zero-order valence-corrected chi connectivity index (χ0v) is 50.4. The lowest BCUT2D eigenvalue weighted by atomic mass is 10.0. The van der Waals surface area contributed by atoms with Crippen LogP contribution in [-0.2, 0) is 14.3 Å². The first-order chi connectivity index (χ1) is 36.5. The van der Waals surface area contributed by atoms with E-state index in [9.17, 15) is 19.8 Å². The topological polar surface area (TPSA) is 95.9 Å². The fourth-order valence-electron chi connectivity index (χ4n) is 10.9. The number of ether oxygens (including phenoxy) is 1. The molecular weight excluding hydrogens is 911 g/mol. The standard InChI is InChI=1S/C68H133NO5/c1-3-5-7-9-11-13-15-17-19-21-23-24-25-26-27-28-29-30-32-36-40-44-48-52-56-60-66(71)65(64-70)69-67(72)61-57-53-49-45-41-37-34-35-39-43-47-51-55-59-63-74-68(73)62-58-54-50-46-42-38-33-31-22-20-18-16-14-12-10-8-6-4-2/h56,60,65-66,70-71H,3-55,57-59,61-64H2,1-2H3,(H,69,72)/b60-56+. The molecule has 0 aromatic carbocycles. The maximum Gasteiger partial charge on any atom is 0.305 e. The number of allylic oxidation sites excluding steroid dienone is 1. The summed E-state index contributed by atoms with van der Waals surface area (Å²) >= 11 is 0. The van der Waals surface area contributed by atoms with E-state index in [1.54, 1.807) is 6.08 Å². The molecule has 0 aromatic rings. The minimum Gasteiger partial charge on any atom is -0.466 e. The van der Waals surface area contributed by atoms with E-state index in [-0.39, 0.29) is 18.5 Å². The highest BCUT2D eigenvalue weighted by Gasteiger charge is 2.18. The molecule has 0 aliphatic heterocycles. The van der Waals surface area contributed by atoms with Crippen LogP contribution < -0.4 is 5.32 Å². The van der Waals surface area contributed by atoms with E-state index < -0.39 is 12.1 Å². The number of unbranched alkanes of at least 4 members (excludes halogenated alkanes) is 53. The van der Waals surface area contributed by atoms with Crippen molar-refractivity contribution >= 4 is 11.9 Å². The second-order valence-electron chi connectivity index (χ2n) is 23.5. The second-order valence-corrected chi connectivity index (χ2v) is 23.5. The SMILES string of the molecule is CCCCCCCCCCCCCCCCCCCCCCCCC/C=C/C(O)C(CO)NC(=O)CCCCCCCCCCCCCCCCOC(=O)CCCCCCCCCCCCCCCCCCCC. The third-order valence-corrected chi connectivity index (χ3v) is 16.1. The average Bonchev–Trinajstić information content (AvgIpc) is 3.40. The number of aliphatic hydroxyl groups excluding tert-OH is 2. The first-order valence-corrected chi connectivity index (χ1v) is 34.0. The Morgan fingerprint density at radius 3 is 0.919 bits per heavy atom. The Labute approximate surface area is 463 Å². The van der Waals surface area contributed by atoms with Gasteiger partial charge in [-0.05, 0) is 32.1 Å². The summed E-state index contributed by atoms with van der Waals surface area (Å²) in [6.07, 6.45) is 78.4. The molecule has 0 heterocycles. The van der Waals surface area contributed by atoms with Crippen LogP contribution in [0.25, 0.3) is 0 Å². The number of esters is 1. The third-order valence-electron chi connectivity index (χ3n) is 16.1. The molecule has 440 valence electrons. The molecule has 1 amide bonds. The highest BCUT2D eigenvalue weighted by atomic mass is 16.5. The van der Waals surface area contributed by atoms with Crippen molar-refractivity contribution in [2.45, 2.75) is 398 Å². The lowest BCUT2D eigenvalue weighted by Gasteiger charge is -2.20. The summed E-state index contributed by atoms with van der Waals surface area (Å²) in [7, 11) is 0. The van der Waals surface area contributed by atoms with Gasteiger partial charge in [-0.2, -0.15) is 0 Å². The Morgan fingerprint density at radius 1 is 0.365 bits per heavy atom. The Morgan fingerprint density at radius 2 is 0.622 bits per heavy atom. The molecule has 6 nitrogen and oxygen atoms in total. The number of amides is 1. The summed E-state index contributed by atoms with van der Waals surface area (Å²) in [5, 5.41) is 23.3. The lowest BCUT2D eigenvalue weighted by Crippen LogP contribution is -2.45. The monoisotopic (exact) mass is 1040 g/mol. The fraction of sp³-hybridized carbons (Fsp3) is 0.941. The van der Waals surface area contributed by atoms with Crippen LogP contribution in [0, 0.1) is 0 Å². The molecule has 6 heteroatoms. The van der Waals surface area contributed by atoms with Crippen molar-refractivity contribution in [2.75, 3.05) is 13.2 Å². The second kappa shape index (κ2) is 64.1. The lowest BCUT2D eigenvalue weighted by molar-refractivity contribution is -0.143. The highest BCUT2D eigenvalue weighted by molar-refractivity contribution is 5.76. The first-order valence-electron chi connectivity index (χ1n) is 34.0. The summed E-state index contributed by atoms with van der Waals surface area (Å²) in [4.78, 5) is 24.6. The van der Waals surface area contributed by atoms with Gasteiger partial charge in [0.15, 0.2) is 0 Å². The average molecular weight is 1040 g/mol. The number of hydrogen-bond donors (Lipinski definition) is 3. The zero-order chi connectivity index (χ0) is 53.6. The Balaban J connectivity index is 3.43. The van der Waals surface area contributed by atoms with Gasteiger partial charge in [0, 0.05) is 12.8 Å². The number of rotatable bonds is 64. The summed E-state index contributed by atoms with van der Waals surface area (Å²) in [5.41, 5.74) is 0. The number of nitrogens with one attached hydrogen (secondary N) is 1. The maximum atomic E-state index is 12.5. The van der Waals surface area contributed by atoms with Crippen LogP contribution in [0.4, 0.5) is 0 Å². The van der Waals surface area contributed by atoms with Gasteiger partial charge in [0.2, 0.25) is 5.91 Å². The molecule has 2 unspecified atom stereocenters. The fourth-order valence-corrected chi connectivity index (χ4v) is 10.9. The van der Waals surface area contributed by atoms with E-state index in [1.165, 1.54) is 302 Å². The molecule has 0 spiro atoms. The van der Waals surface area contributed by atoms with E-state index in [4.69, 9.17) is 4.74 Å². The van der Waals surface area contributed by atoms with E-state index in [1.807, 2.05) is 6.08 Å². The van der Waals surface area contributed by atoms with E-state index in [0.717, 1.165) is 57.8 Å². The van der Waals surface area contributed by atoms with Gasteiger partial charge in [-0.25, -0.2) is 0 Å². The van der Waals surface area contributed by atoms with Crippen molar-refractivity contribution in [2.24, 2.45) is 0 Å². The number of aliphatic hydroxyl groups is 2. The predicted octanol–water partition coefficient (Wildman–Crippen LogP) is 21.6. The molecule has 2 atom stereocenters. The molecule has 74 heavy (non-hydrogen) atoms. The summed E-state index contributed by atoms with van der Waals surface area (Å²) in [6.45, 7) is 4.93. The first kappa shape index (κ1) is 72.6. The van der Waals surface area contributed by atoms with Gasteiger partial charge in [-0.3, -0.25) is 9.59 Å². The smallest absolute Gasteiger partial charge is 0.305 e. The Bertz CT molecular complexity index is 1110. The van der Waals surface area contributed by atoms with Gasteiger partial charge in [-0.15, -0.1) is 0 Å². The molecular formula is C68H133NO5. The van der Waals surface area contributed by atoms with Gasteiger partial charge < -0.3 is 20.3 Å². The minimum atomic E-state index is -0.852. The van der Waals surface area contributed by atoms with Crippen LogP contribution in [-0.4, -0.2) is 47.4 Å². The molecule has 0 saturated heterocycles. The van der Waals surface area contributed by atoms with Crippen molar-refractivity contribution in [3.8, 4) is 0 Å². The van der Waals surface area contributed by atoms with Crippen molar-refractivity contribution in [1.82, 2.24) is 5.32 Å². The van der Waals surface area contributed by atoms with Crippen LogP contribution in [0.2, 0.25) is 0 Å². The molecule has 0 bridgehead atoms. The van der Waals surface area contributed by atoms with Crippen LogP contribution in [0.3, 0.4) is 0 Å². The molecule has 0 saturated carbocycles. The van der Waals surface area contributed by atoms with Gasteiger partial charge in [0.1, 0.15) is 0 Å². The maximum absolute atomic E-state index is 12.5. The van der Waals surface area contributed by atoms with Gasteiger partial charge >= 0.3 is 5.97 Å². The molecule has 0 fully saturated rings. The van der Waals surface area contributed by atoms with E-state index in [2.05, 4.69) is 19.2 Å². The number of hydrogen-bond acceptors (Lipinski definition) is 5. The van der Waals surface area contributed by atoms with Gasteiger partial charge in [0.25, 0.3) is 0 Å². The van der Waals surface area contributed by atoms with Crippen LogP contribution in [0.15, 0.2) is 12.2 Å². The van der Waals surface area contributed by atoms with E-state index in [0.29, 0.717) is 19.4 Å². The summed E-state index contributed by atoms with van der Waals surface area (Å²) in [5.74, 6) is -0.0708.